The second-order valence-electron chi connectivity index (χ2n) is 10.3. The summed E-state index contributed by atoms with van der Waals surface area (Å²) in [4.78, 5) is 25.7. The minimum atomic E-state index is -1.19. The number of hydrogen-bond acceptors (Lipinski definition) is 8. The summed E-state index contributed by atoms with van der Waals surface area (Å²) in [6.45, 7) is 0.442. The van der Waals surface area contributed by atoms with Crippen LogP contribution in [0, 0.1) is 0 Å². The van der Waals surface area contributed by atoms with Crippen LogP contribution in [-0.4, -0.2) is 49.2 Å². The molecule has 0 aliphatic carbocycles. The van der Waals surface area contributed by atoms with Crippen molar-refractivity contribution in [2.24, 2.45) is 0 Å². The van der Waals surface area contributed by atoms with E-state index in [-0.39, 0.29) is 38.7 Å². The number of rotatable bonds is 17. The van der Waals surface area contributed by atoms with Gasteiger partial charge in [-0.1, -0.05) is 121 Å². The first kappa shape index (κ1) is 34.1. The van der Waals surface area contributed by atoms with E-state index in [2.05, 4.69) is 5.32 Å². The first-order valence-corrected chi connectivity index (χ1v) is 14.9. The van der Waals surface area contributed by atoms with Crippen LogP contribution in [-0.2, 0) is 54.9 Å². The van der Waals surface area contributed by atoms with E-state index in [0.717, 1.165) is 22.3 Å². The number of aliphatic hydroxyl groups excluding tert-OH is 1. The monoisotopic (exact) mass is 625 g/mol. The highest BCUT2D eigenvalue weighted by atomic mass is 16.6. The summed E-state index contributed by atoms with van der Waals surface area (Å²) in [5, 5.41) is 13.9. The number of carbonyl (C=O) groups excluding carboxylic acids is 2. The van der Waals surface area contributed by atoms with E-state index >= 15 is 0 Å². The summed E-state index contributed by atoms with van der Waals surface area (Å²) in [5.41, 5.74) is 3.21. The first-order chi connectivity index (χ1) is 22.5. The van der Waals surface area contributed by atoms with Crippen LogP contribution in [0.25, 0.3) is 0 Å². The van der Waals surface area contributed by atoms with Crippen LogP contribution in [0.4, 0.5) is 4.79 Å². The van der Waals surface area contributed by atoms with Crippen LogP contribution < -0.4 is 5.32 Å². The maximum absolute atomic E-state index is 12.9. The fraction of sp³-hybridized carbons (Fsp3) is 0.243. The standard InChI is InChI=1S/C37H39NO8/c1-42-36(40)32(38-37(41)46-26-31-20-12-5-13-21-31)22-34(44-24-29-16-8-3-9-17-29)35(45-25-30-18-10-4-11-19-30)33(39)27-43-23-28-14-6-2-7-15-28/h2-22,33-35,39H,23-27H2,1H3,(H,38,41)/b32-22+/t33-,34-,35-/m1/s1. The zero-order chi connectivity index (χ0) is 32.4. The fourth-order valence-corrected chi connectivity index (χ4v) is 4.47. The molecule has 4 rings (SSSR count). The highest BCUT2D eigenvalue weighted by molar-refractivity contribution is 5.92. The topological polar surface area (TPSA) is 113 Å². The van der Waals surface area contributed by atoms with Gasteiger partial charge in [-0.3, -0.25) is 5.32 Å². The van der Waals surface area contributed by atoms with Gasteiger partial charge in [0.25, 0.3) is 0 Å². The predicted octanol–water partition coefficient (Wildman–Crippen LogP) is 5.72. The molecule has 3 atom stereocenters. The summed E-state index contributed by atoms with van der Waals surface area (Å²) >= 11 is 0. The molecule has 240 valence electrons. The van der Waals surface area contributed by atoms with Crippen LogP contribution in [0.3, 0.4) is 0 Å². The van der Waals surface area contributed by atoms with Crippen LogP contribution in [0.1, 0.15) is 22.3 Å². The molecule has 0 saturated heterocycles. The molecule has 4 aromatic rings. The number of ether oxygens (including phenoxy) is 5. The Morgan fingerprint density at radius 2 is 1.13 bits per heavy atom. The zero-order valence-corrected chi connectivity index (χ0v) is 25.7. The smallest absolute Gasteiger partial charge is 0.412 e. The highest BCUT2D eigenvalue weighted by Gasteiger charge is 2.31. The molecule has 0 aliphatic heterocycles. The Balaban J connectivity index is 1.58. The predicted molar refractivity (Wildman–Crippen MR) is 172 cm³/mol. The molecule has 0 aliphatic rings. The van der Waals surface area contributed by atoms with Crippen molar-refractivity contribution in [3.8, 4) is 0 Å². The number of methoxy groups -OCH3 is 1. The Bertz CT molecular complexity index is 1480. The third-order valence-corrected chi connectivity index (χ3v) is 6.86. The minimum Gasteiger partial charge on any atom is -0.464 e. The molecule has 2 N–H and O–H groups in total. The summed E-state index contributed by atoms with van der Waals surface area (Å²) < 4.78 is 28.7. The van der Waals surface area contributed by atoms with E-state index < -0.39 is 30.4 Å². The van der Waals surface area contributed by atoms with Gasteiger partial charge in [0.15, 0.2) is 0 Å². The molecule has 0 aromatic heterocycles. The molecule has 9 nitrogen and oxygen atoms in total. The quantitative estimate of drug-likeness (QED) is 0.113. The molecule has 9 heteroatoms. The summed E-state index contributed by atoms with van der Waals surface area (Å²) in [7, 11) is 1.20. The molecule has 0 fully saturated rings. The van der Waals surface area contributed by atoms with Gasteiger partial charge in [0.1, 0.15) is 30.6 Å². The second kappa shape index (κ2) is 18.9. The third-order valence-electron chi connectivity index (χ3n) is 6.86. The molecule has 0 bridgehead atoms. The normalized spacial score (nSPS) is 13.3. The van der Waals surface area contributed by atoms with Crippen LogP contribution in [0.2, 0.25) is 0 Å². The van der Waals surface area contributed by atoms with E-state index in [1.165, 1.54) is 13.2 Å². The molecule has 0 saturated carbocycles. The Labute approximate surface area is 269 Å². The van der Waals surface area contributed by atoms with E-state index in [0.29, 0.717) is 0 Å². The van der Waals surface area contributed by atoms with Crippen molar-refractivity contribution in [3.63, 3.8) is 0 Å². The lowest BCUT2D eigenvalue weighted by Crippen LogP contribution is -2.44. The number of benzene rings is 4. The van der Waals surface area contributed by atoms with Gasteiger partial charge in [0.05, 0.1) is 33.5 Å². The lowest BCUT2D eigenvalue weighted by molar-refractivity contribution is -0.139. The molecule has 46 heavy (non-hydrogen) atoms. The number of alkyl carbamates (subject to hydrolysis) is 1. The molecule has 4 aromatic carbocycles. The molecule has 0 spiro atoms. The third kappa shape index (κ3) is 11.6. The van der Waals surface area contributed by atoms with Gasteiger partial charge in [-0.05, 0) is 28.3 Å². The zero-order valence-electron chi connectivity index (χ0n) is 25.7. The lowest BCUT2D eigenvalue weighted by atomic mass is 10.1. The molecule has 0 heterocycles. The summed E-state index contributed by atoms with van der Waals surface area (Å²) in [5.74, 6) is -0.832. The highest BCUT2D eigenvalue weighted by Crippen LogP contribution is 2.19. The number of carbonyl (C=O) groups is 2. The molecule has 0 radical (unpaired) electrons. The second-order valence-corrected chi connectivity index (χ2v) is 10.3. The van der Waals surface area contributed by atoms with Crippen LogP contribution in [0.15, 0.2) is 133 Å². The number of nitrogens with one attached hydrogen (secondary N) is 1. The first-order valence-electron chi connectivity index (χ1n) is 14.9. The van der Waals surface area contributed by atoms with Crippen LogP contribution in [0.5, 0.6) is 0 Å². The van der Waals surface area contributed by atoms with Crippen molar-refractivity contribution >= 4 is 12.1 Å². The maximum Gasteiger partial charge on any atom is 0.412 e. The maximum atomic E-state index is 12.9. The van der Waals surface area contributed by atoms with E-state index in [1.54, 1.807) is 0 Å². The van der Waals surface area contributed by atoms with E-state index in [1.807, 2.05) is 121 Å². The molecule has 0 unspecified atom stereocenters. The Morgan fingerprint density at radius 3 is 1.63 bits per heavy atom. The van der Waals surface area contributed by atoms with Gasteiger partial charge in [-0.2, -0.15) is 0 Å². The number of hydrogen-bond donors (Lipinski definition) is 2. The SMILES string of the molecule is COC(=O)/C(=C\[C@@H](OCc1ccccc1)[C@H](OCc1ccccc1)[C@H](O)COCc1ccccc1)NC(=O)OCc1ccccc1. The average Bonchev–Trinajstić information content (AvgIpc) is 3.10. The fourth-order valence-electron chi connectivity index (χ4n) is 4.47. The summed E-state index contributed by atoms with van der Waals surface area (Å²) in [6, 6.07) is 37.6. The van der Waals surface area contributed by atoms with Gasteiger partial charge in [-0.25, -0.2) is 9.59 Å². The van der Waals surface area contributed by atoms with Crippen molar-refractivity contribution in [1.82, 2.24) is 5.32 Å². The van der Waals surface area contributed by atoms with Crippen molar-refractivity contribution in [2.45, 2.75) is 44.7 Å². The molecular formula is C37H39NO8. The molecular weight excluding hydrogens is 586 g/mol. The van der Waals surface area contributed by atoms with Gasteiger partial charge in [0.2, 0.25) is 0 Å². The summed E-state index contributed by atoms with van der Waals surface area (Å²) in [6.07, 6.45) is -2.75. The van der Waals surface area contributed by atoms with Crippen molar-refractivity contribution < 1.29 is 38.4 Å². The molecule has 1 amide bonds. The van der Waals surface area contributed by atoms with Gasteiger partial charge >= 0.3 is 12.1 Å². The Morgan fingerprint density at radius 1 is 0.674 bits per heavy atom. The van der Waals surface area contributed by atoms with Crippen molar-refractivity contribution in [2.75, 3.05) is 13.7 Å². The van der Waals surface area contributed by atoms with E-state index in [9.17, 15) is 14.7 Å². The largest absolute Gasteiger partial charge is 0.464 e. The van der Waals surface area contributed by atoms with Gasteiger partial charge in [0, 0.05) is 0 Å². The van der Waals surface area contributed by atoms with Crippen LogP contribution >= 0.6 is 0 Å². The van der Waals surface area contributed by atoms with E-state index in [4.69, 9.17) is 23.7 Å². The Kier molecular flexibility index (Phi) is 14.0. The number of amides is 1. The average molecular weight is 626 g/mol. The number of aliphatic hydroxyl groups is 1. The van der Waals surface area contributed by atoms with Crippen molar-refractivity contribution in [1.29, 1.82) is 0 Å². The number of esters is 1. The van der Waals surface area contributed by atoms with Gasteiger partial charge < -0.3 is 28.8 Å². The lowest BCUT2D eigenvalue weighted by Gasteiger charge is -2.30. The van der Waals surface area contributed by atoms with Crippen molar-refractivity contribution in [3.05, 3.63) is 155 Å². The van der Waals surface area contributed by atoms with Gasteiger partial charge in [-0.15, -0.1) is 0 Å². The minimum absolute atomic E-state index is 0.00462. The Hall–Kier alpha value is -4.80.